The van der Waals surface area contributed by atoms with Crippen LogP contribution in [0.3, 0.4) is 0 Å². The topological polar surface area (TPSA) is 54.0 Å². The lowest BCUT2D eigenvalue weighted by Crippen LogP contribution is -2.49. The highest BCUT2D eigenvalue weighted by Gasteiger charge is 2.20. The number of ether oxygens (including phenoxy) is 2. The number of benzene rings is 1. The molecule has 0 aliphatic carbocycles. The quantitative estimate of drug-likeness (QED) is 0.680. The summed E-state index contributed by atoms with van der Waals surface area (Å²) in [5.41, 5.74) is 2.46. The molecule has 1 fully saturated rings. The van der Waals surface area contributed by atoms with Crippen molar-refractivity contribution in [3.63, 3.8) is 0 Å². The molecule has 1 N–H and O–H groups in total. The average Bonchev–Trinajstić information content (AvgIpc) is 3.24. The highest BCUT2D eigenvalue weighted by atomic mass is 32.1. The van der Waals surface area contributed by atoms with Gasteiger partial charge in [-0.25, -0.2) is 0 Å². The minimum atomic E-state index is 0.116. The smallest absolute Gasteiger partial charge is 0.234 e. The Labute approximate surface area is 177 Å². The molecule has 1 aliphatic rings. The summed E-state index contributed by atoms with van der Waals surface area (Å²) in [5, 5.41) is 5.11. The Bertz CT molecular complexity index is 787. The van der Waals surface area contributed by atoms with Crippen LogP contribution in [0.25, 0.3) is 0 Å². The van der Waals surface area contributed by atoms with Crippen molar-refractivity contribution >= 4 is 17.2 Å². The van der Waals surface area contributed by atoms with Gasteiger partial charge in [-0.1, -0.05) is 6.07 Å². The molecule has 1 aromatic carbocycles. The van der Waals surface area contributed by atoms with E-state index in [-0.39, 0.29) is 5.91 Å². The molecule has 7 heteroatoms. The lowest BCUT2D eigenvalue weighted by Gasteiger charge is -2.34. The monoisotopic (exact) mass is 417 g/mol. The first kappa shape index (κ1) is 21.6. The summed E-state index contributed by atoms with van der Waals surface area (Å²) in [6.07, 6.45) is 0.905. The zero-order valence-corrected chi connectivity index (χ0v) is 18.4. The molecular weight excluding hydrogens is 386 g/mol. The third kappa shape index (κ3) is 6.19. The number of nitrogens with zero attached hydrogens (tertiary/aromatic N) is 2. The second-order valence-electron chi connectivity index (χ2n) is 7.37. The molecule has 158 valence electrons. The van der Waals surface area contributed by atoms with Crippen molar-refractivity contribution in [2.75, 3.05) is 53.5 Å². The lowest BCUT2D eigenvalue weighted by molar-refractivity contribution is -0.122. The summed E-state index contributed by atoms with van der Waals surface area (Å²) >= 11 is 1.73. The normalized spacial score (nSPS) is 15.3. The maximum absolute atomic E-state index is 12.2. The van der Waals surface area contributed by atoms with Gasteiger partial charge in [0.25, 0.3) is 0 Å². The molecule has 0 radical (unpaired) electrons. The number of methoxy groups -OCH3 is 2. The second kappa shape index (κ2) is 10.6. The van der Waals surface area contributed by atoms with Crippen molar-refractivity contribution in [1.82, 2.24) is 15.1 Å². The number of hydrogen-bond acceptors (Lipinski definition) is 6. The zero-order chi connectivity index (χ0) is 20.6. The summed E-state index contributed by atoms with van der Waals surface area (Å²) in [4.78, 5) is 18.2. The van der Waals surface area contributed by atoms with Gasteiger partial charge in [0.1, 0.15) is 0 Å². The van der Waals surface area contributed by atoms with E-state index < -0.39 is 0 Å². The van der Waals surface area contributed by atoms with Gasteiger partial charge in [-0.2, -0.15) is 0 Å². The first-order valence-corrected chi connectivity index (χ1v) is 10.9. The van der Waals surface area contributed by atoms with Crippen molar-refractivity contribution in [2.24, 2.45) is 0 Å². The Kier molecular flexibility index (Phi) is 7.91. The number of nitrogens with one attached hydrogen (secondary N) is 1. The van der Waals surface area contributed by atoms with Crippen molar-refractivity contribution in [3.8, 4) is 11.5 Å². The molecule has 0 spiro atoms. The van der Waals surface area contributed by atoms with Gasteiger partial charge in [0.05, 0.1) is 20.8 Å². The fourth-order valence-electron chi connectivity index (χ4n) is 3.58. The number of carbonyl (C=O) groups excluding carboxylic acids is 1. The Hall–Kier alpha value is -2.09. The maximum atomic E-state index is 12.2. The second-order valence-corrected chi connectivity index (χ2v) is 8.40. The van der Waals surface area contributed by atoms with Crippen LogP contribution in [-0.4, -0.2) is 69.2 Å². The number of hydrogen-bond donors (Lipinski definition) is 1. The summed E-state index contributed by atoms with van der Waals surface area (Å²) in [6.45, 7) is 7.90. The molecule has 0 atom stereocenters. The van der Waals surface area contributed by atoms with Crippen molar-refractivity contribution in [3.05, 3.63) is 45.6 Å². The van der Waals surface area contributed by atoms with E-state index in [9.17, 15) is 4.79 Å². The summed E-state index contributed by atoms with van der Waals surface area (Å²) in [5.74, 6) is 1.65. The Morgan fingerprint density at radius 3 is 2.45 bits per heavy atom. The summed E-state index contributed by atoms with van der Waals surface area (Å²) in [6, 6.07) is 8.26. The number of rotatable bonds is 9. The van der Waals surface area contributed by atoms with Crippen LogP contribution in [0.1, 0.15) is 16.0 Å². The molecule has 6 nitrogen and oxygen atoms in total. The van der Waals surface area contributed by atoms with E-state index in [1.165, 1.54) is 16.0 Å². The first-order chi connectivity index (χ1) is 14.1. The van der Waals surface area contributed by atoms with Gasteiger partial charge in [0, 0.05) is 44.1 Å². The van der Waals surface area contributed by atoms with Crippen LogP contribution in [0.15, 0.2) is 29.6 Å². The number of amides is 1. The van der Waals surface area contributed by atoms with E-state index in [1.54, 1.807) is 25.6 Å². The molecule has 0 saturated carbocycles. The standard InChI is InChI=1S/C22H31N3O3S/c1-17-13-20(27-2)21(28-3)14-18(17)15-24-8-10-25(11-9-24)16-22(26)23-7-6-19-5-4-12-29-19/h4-5,12-14H,6-11,15-16H2,1-3H3,(H,23,26). The SMILES string of the molecule is COc1cc(C)c(CN2CCN(CC(=O)NCCc3cccs3)CC2)cc1OC. The summed E-state index contributed by atoms with van der Waals surface area (Å²) < 4.78 is 10.8. The molecule has 1 aromatic heterocycles. The van der Waals surface area contributed by atoms with Gasteiger partial charge >= 0.3 is 0 Å². The number of carbonyl (C=O) groups is 1. The third-order valence-corrected chi connectivity index (χ3v) is 6.28. The minimum Gasteiger partial charge on any atom is -0.493 e. The molecule has 3 rings (SSSR count). The van der Waals surface area contributed by atoms with Gasteiger partial charge in [-0.15, -0.1) is 11.3 Å². The molecule has 2 aromatic rings. The zero-order valence-electron chi connectivity index (χ0n) is 17.6. The summed E-state index contributed by atoms with van der Waals surface area (Å²) in [7, 11) is 3.33. The van der Waals surface area contributed by atoms with Crippen LogP contribution in [0.2, 0.25) is 0 Å². The van der Waals surface area contributed by atoms with Crippen molar-refractivity contribution in [2.45, 2.75) is 19.9 Å². The van der Waals surface area contributed by atoms with E-state index in [4.69, 9.17) is 9.47 Å². The Morgan fingerprint density at radius 1 is 1.10 bits per heavy atom. The van der Waals surface area contributed by atoms with E-state index in [2.05, 4.69) is 39.6 Å². The largest absolute Gasteiger partial charge is 0.493 e. The van der Waals surface area contributed by atoms with Crippen LogP contribution in [-0.2, 0) is 17.8 Å². The Morgan fingerprint density at radius 2 is 1.79 bits per heavy atom. The molecule has 0 bridgehead atoms. The molecule has 29 heavy (non-hydrogen) atoms. The fourth-order valence-corrected chi connectivity index (χ4v) is 4.29. The van der Waals surface area contributed by atoms with Crippen LogP contribution >= 0.6 is 11.3 Å². The molecule has 0 unspecified atom stereocenters. The minimum absolute atomic E-state index is 0.116. The van der Waals surface area contributed by atoms with Crippen LogP contribution < -0.4 is 14.8 Å². The van der Waals surface area contributed by atoms with Crippen LogP contribution in [0.5, 0.6) is 11.5 Å². The number of thiophene rings is 1. The lowest BCUT2D eigenvalue weighted by atomic mass is 10.1. The van der Waals surface area contributed by atoms with E-state index >= 15 is 0 Å². The van der Waals surface area contributed by atoms with E-state index in [1.807, 2.05) is 12.1 Å². The van der Waals surface area contributed by atoms with Crippen molar-refractivity contribution in [1.29, 1.82) is 0 Å². The Balaban J connectivity index is 1.41. The predicted molar refractivity (Wildman–Crippen MR) is 117 cm³/mol. The van der Waals surface area contributed by atoms with Gasteiger partial charge in [0.15, 0.2) is 11.5 Å². The molecule has 1 aliphatic heterocycles. The first-order valence-electron chi connectivity index (χ1n) is 10.0. The van der Waals surface area contributed by atoms with Gasteiger partial charge in [-0.3, -0.25) is 14.6 Å². The van der Waals surface area contributed by atoms with E-state index in [0.717, 1.165) is 50.6 Å². The highest BCUT2D eigenvalue weighted by Crippen LogP contribution is 2.30. The predicted octanol–water partition coefficient (Wildman–Crippen LogP) is 2.55. The van der Waals surface area contributed by atoms with Crippen molar-refractivity contribution < 1.29 is 14.3 Å². The molecular formula is C22H31N3O3S. The van der Waals surface area contributed by atoms with Crippen LogP contribution in [0, 0.1) is 6.92 Å². The number of aryl methyl sites for hydroxylation is 1. The van der Waals surface area contributed by atoms with Gasteiger partial charge in [0.2, 0.25) is 5.91 Å². The highest BCUT2D eigenvalue weighted by molar-refractivity contribution is 7.09. The van der Waals surface area contributed by atoms with Gasteiger partial charge < -0.3 is 14.8 Å². The van der Waals surface area contributed by atoms with Gasteiger partial charge in [-0.05, 0) is 48.1 Å². The number of piperazine rings is 1. The maximum Gasteiger partial charge on any atom is 0.234 e. The third-order valence-electron chi connectivity index (χ3n) is 5.34. The van der Waals surface area contributed by atoms with E-state index in [0.29, 0.717) is 13.1 Å². The van der Waals surface area contributed by atoms with Crippen LogP contribution in [0.4, 0.5) is 0 Å². The average molecular weight is 418 g/mol. The fraction of sp³-hybridized carbons (Fsp3) is 0.500. The molecule has 1 amide bonds. The molecule has 2 heterocycles. The molecule has 1 saturated heterocycles.